The van der Waals surface area contributed by atoms with Crippen LogP contribution in [0.3, 0.4) is 0 Å². The molecule has 0 aliphatic carbocycles. The number of hydrogen-bond donors (Lipinski definition) is 0. The maximum Gasteiger partial charge on any atom is 0.243 e. The van der Waals surface area contributed by atoms with Crippen LogP contribution in [0.2, 0.25) is 0 Å². The van der Waals surface area contributed by atoms with Gasteiger partial charge in [0.1, 0.15) is 18.1 Å². The Morgan fingerprint density at radius 1 is 1.12 bits per heavy atom. The molecule has 0 fully saturated rings. The van der Waals surface area contributed by atoms with E-state index in [1.54, 1.807) is 31.4 Å². The van der Waals surface area contributed by atoms with E-state index >= 15 is 0 Å². The van der Waals surface area contributed by atoms with Gasteiger partial charge in [-0.15, -0.1) is 5.10 Å². The van der Waals surface area contributed by atoms with Gasteiger partial charge in [0.05, 0.1) is 7.11 Å². The number of carbonyl (C=O) groups excluding carboxylic acids is 1. The van der Waals surface area contributed by atoms with Gasteiger partial charge in [-0.1, -0.05) is 18.2 Å². The Bertz CT molecular complexity index is 728. The molecule has 2 aromatic carbocycles. The van der Waals surface area contributed by atoms with Gasteiger partial charge in [0.25, 0.3) is 0 Å². The van der Waals surface area contributed by atoms with Gasteiger partial charge in [-0.3, -0.25) is 4.79 Å². The fourth-order valence-corrected chi connectivity index (χ4v) is 2.29. The van der Waals surface area contributed by atoms with Gasteiger partial charge in [-0.25, -0.2) is 0 Å². The molecule has 0 radical (unpaired) electrons. The van der Waals surface area contributed by atoms with E-state index in [1.807, 2.05) is 30.3 Å². The highest BCUT2D eigenvalue weighted by atomic mass is 16.6. The van der Waals surface area contributed by atoms with Crippen LogP contribution < -0.4 is 9.47 Å². The zero-order chi connectivity index (χ0) is 16.9. The van der Waals surface area contributed by atoms with E-state index in [2.05, 4.69) is 5.10 Å². The van der Waals surface area contributed by atoms with Crippen LogP contribution in [0, 0.1) is 0 Å². The predicted molar refractivity (Wildman–Crippen MR) is 88.9 cm³/mol. The van der Waals surface area contributed by atoms with Crippen molar-refractivity contribution < 1.29 is 19.0 Å². The molecule has 6 nitrogen and oxygen atoms in total. The highest BCUT2D eigenvalue weighted by molar-refractivity contribution is 5.96. The first-order valence-corrected chi connectivity index (χ1v) is 7.54. The molecule has 1 atom stereocenters. The van der Waals surface area contributed by atoms with Gasteiger partial charge in [0, 0.05) is 12.5 Å². The average Bonchev–Trinajstić information content (AvgIpc) is 3.06. The topological polar surface area (TPSA) is 60.4 Å². The predicted octanol–water partition coefficient (Wildman–Crippen LogP) is 2.64. The fourth-order valence-electron chi connectivity index (χ4n) is 2.29. The highest BCUT2D eigenvalue weighted by Gasteiger charge is 2.32. The third-order valence-electron chi connectivity index (χ3n) is 3.51. The molecule has 3 rings (SSSR count). The fraction of sp³-hybridized carbons (Fsp3) is 0.222. The molecule has 2 aromatic rings. The van der Waals surface area contributed by atoms with Gasteiger partial charge in [-0.2, -0.15) is 5.01 Å². The maximum atomic E-state index is 11.8. The molecule has 24 heavy (non-hydrogen) atoms. The number of methoxy groups -OCH3 is 1. The van der Waals surface area contributed by atoms with E-state index in [4.69, 9.17) is 14.2 Å². The molecule has 1 aliphatic rings. The third-order valence-corrected chi connectivity index (χ3v) is 3.51. The molecule has 0 saturated heterocycles. The van der Waals surface area contributed by atoms with Crippen molar-refractivity contribution in [2.24, 2.45) is 5.10 Å². The lowest BCUT2D eigenvalue weighted by Gasteiger charge is -2.19. The second-order valence-corrected chi connectivity index (χ2v) is 5.19. The van der Waals surface area contributed by atoms with Crippen LogP contribution in [0.5, 0.6) is 11.5 Å². The minimum Gasteiger partial charge on any atom is -0.497 e. The first-order valence-electron chi connectivity index (χ1n) is 7.54. The molecule has 1 amide bonds. The van der Waals surface area contributed by atoms with Crippen molar-refractivity contribution in [2.75, 3.05) is 13.7 Å². The largest absolute Gasteiger partial charge is 0.497 e. The quantitative estimate of drug-likeness (QED) is 0.847. The van der Waals surface area contributed by atoms with E-state index in [-0.39, 0.29) is 12.5 Å². The Labute approximate surface area is 140 Å². The Kier molecular flexibility index (Phi) is 4.65. The van der Waals surface area contributed by atoms with Crippen molar-refractivity contribution in [1.82, 2.24) is 5.01 Å². The van der Waals surface area contributed by atoms with Crippen LogP contribution >= 0.6 is 0 Å². The first-order chi connectivity index (χ1) is 11.7. The molecule has 0 unspecified atom stereocenters. The van der Waals surface area contributed by atoms with Gasteiger partial charge in [0.2, 0.25) is 18.0 Å². The number of hydrogen-bond acceptors (Lipinski definition) is 5. The Balaban J connectivity index is 1.67. The van der Waals surface area contributed by atoms with Crippen LogP contribution in [-0.4, -0.2) is 36.8 Å². The van der Waals surface area contributed by atoms with E-state index in [0.29, 0.717) is 11.6 Å². The molecule has 6 heteroatoms. The standard InChI is InChI=1S/C18H18N2O4/c1-13(21)20-17(12-23-16-10-8-15(22-2)9-11-16)24-18(19-20)14-6-4-3-5-7-14/h3-11,17H,12H2,1-2H3/t17-/m0/s1. The number of carbonyl (C=O) groups is 1. The Hall–Kier alpha value is -3.02. The van der Waals surface area contributed by atoms with Crippen molar-refractivity contribution in [3.63, 3.8) is 0 Å². The number of ether oxygens (including phenoxy) is 3. The molecule has 124 valence electrons. The van der Waals surface area contributed by atoms with Gasteiger partial charge in [0.15, 0.2) is 0 Å². The monoisotopic (exact) mass is 326 g/mol. The molecule has 1 heterocycles. The minimum atomic E-state index is -0.597. The highest BCUT2D eigenvalue weighted by Crippen LogP contribution is 2.21. The summed E-state index contributed by atoms with van der Waals surface area (Å²) in [4.78, 5) is 11.8. The van der Waals surface area contributed by atoms with Crippen LogP contribution in [0.1, 0.15) is 12.5 Å². The molecule has 0 spiro atoms. The van der Waals surface area contributed by atoms with E-state index < -0.39 is 6.23 Å². The van der Waals surface area contributed by atoms with Crippen molar-refractivity contribution >= 4 is 11.8 Å². The molecular weight excluding hydrogens is 308 g/mol. The first kappa shape index (κ1) is 15.9. The van der Waals surface area contributed by atoms with E-state index in [0.717, 1.165) is 11.3 Å². The summed E-state index contributed by atoms with van der Waals surface area (Å²) < 4.78 is 16.6. The lowest BCUT2D eigenvalue weighted by molar-refractivity contribution is -0.136. The van der Waals surface area contributed by atoms with Crippen molar-refractivity contribution in [1.29, 1.82) is 0 Å². The van der Waals surface area contributed by atoms with Crippen LogP contribution in [0.4, 0.5) is 0 Å². The number of hydrazone groups is 1. The summed E-state index contributed by atoms with van der Waals surface area (Å²) in [5, 5.41) is 5.55. The summed E-state index contributed by atoms with van der Waals surface area (Å²) in [7, 11) is 1.61. The van der Waals surface area contributed by atoms with Crippen molar-refractivity contribution in [2.45, 2.75) is 13.2 Å². The summed E-state index contributed by atoms with van der Waals surface area (Å²) in [5.41, 5.74) is 0.815. The lowest BCUT2D eigenvalue weighted by atomic mass is 10.2. The van der Waals surface area contributed by atoms with Crippen LogP contribution in [-0.2, 0) is 9.53 Å². The SMILES string of the molecule is COc1ccc(OC[C@@H]2OC(c3ccccc3)=NN2C(C)=O)cc1. The minimum absolute atomic E-state index is 0.172. The van der Waals surface area contributed by atoms with Crippen molar-refractivity contribution in [3.05, 3.63) is 60.2 Å². The maximum absolute atomic E-state index is 11.8. The number of nitrogens with zero attached hydrogens (tertiary/aromatic N) is 2. The lowest BCUT2D eigenvalue weighted by Crippen LogP contribution is -2.36. The van der Waals surface area contributed by atoms with Crippen molar-refractivity contribution in [3.8, 4) is 11.5 Å². The van der Waals surface area contributed by atoms with Gasteiger partial charge >= 0.3 is 0 Å². The molecule has 0 saturated carbocycles. The molecule has 0 N–H and O–H groups in total. The summed E-state index contributed by atoms with van der Waals surface area (Å²) in [6, 6.07) is 16.6. The normalized spacial score (nSPS) is 16.3. The molecule has 0 aromatic heterocycles. The third kappa shape index (κ3) is 3.48. The molecule has 1 aliphatic heterocycles. The number of amides is 1. The molecule has 0 bridgehead atoms. The van der Waals surface area contributed by atoms with E-state index in [9.17, 15) is 4.79 Å². The summed E-state index contributed by atoms with van der Waals surface area (Å²) in [5.74, 6) is 1.62. The average molecular weight is 326 g/mol. The Morgan fingerprint density at radius 3 is 2.42 bits per heavy atom. The second kappa shape index (κ2) is 7.04. The number of rotatable bonds is 5. The van der Waals surface area contributed by atoms with Crippen LogP contribution in [0.15, 0.2) is 59.7 Å². The number of benzene rings is 2. The molecular formula is C18H18N2O4. The van der Waals surface area contributed by atoms with Crippen LogP contribution in [0.25, 0.3) is 0 Å². The Morgan fingerprint density at radius 2 is 1.79 bits per heavy atom. The summed E-state index contributed by atoms with van der Waals surface area (Å²) in [6.45, 7) is 1.62. The summed E-state index contributed by atoms with van der Waals surface area (Å²) in [6.07, 6.45) is -0.597. The zero-order valence-electron chi connectivity index (χ0n) is 13.5. The van der Waals surface area contributed by atoms with E-state index in [1.165, 1.54) is 11.9 Å². The van der Waals surface area contributed by atoms with Gasteiger partial charge in [-0.05, 0) is 36.4 Å². The zero-order valence-corrected chi connectivity index (χ0v) is 13.5. The smallest absolute Gasteiger partial charge is 0.243 e. The van der Waals surface area contributed by atoms with Gasteiger partial charge < -0.3 is 14.2 Å². The second-order valence-electron chi connectivity index (χ2n) is 5.19. The summed E-state index contributed by atoms with van der Waals surface area (Å²) >= 11 is 0.